The van der Waals surface area contributed by atoms with Crippen molar-refractivity contribution >= 4 is 17.5 Å². The topological polar surface area (TPSA) is 112 Å². The molecule has 0 radical (unpaired) electrons. The van der Waals surface area contributed by atoms with E-state index < -0.39 is 0 Å². The number of hydrogen-bond donors (Lipinski definition) is 1. The first kappa shape index (κ1) is 13.4. The van der Waals surface area contributed by atoms with E-state index >= 15 is 0 Å². The molecule has 3 heterocycles. The number of halogens is 1. The molecule has 0 aliphatic carbocycles. The van der Waals surface area contributed by atoms with Crippen LogP contribution < -0.4 is 5.32 Å². The molecule has 21 heavy (non-hydrogen) atoms. The van der Waals surface area contributed by atoms with Crippen molar-refractivity contribution in [1.29, 1.82) is 0 Å². The molecular formula is C10H11ClN10. The minimum absolute atomic E-state index is 0.0648. The smallest absolute Gasteiger partial charge is 0.258 e. The van der Waals surface area contributed by atoms with Gasteiger partial charge in [0.2, 0.25) is 11.2 Å². The predicted molar refractivity (Wildman–Crippen MR) is 72.8 cm³/mol. The second-order valence-corrected chi connectivity index (χ2v) is 4.29. The van der Waals surface area contributed by atoms with Crippen molar-refractivity contribution in [3.63, 3.8) is 0 Å². The number of anilines is 1. The van der Waals surface area contributed by atoms with Crippen LogP contribution in [0.1, 0.15) is 12.7 Å². The highest BCUT2D eigenvalue weighted by atomic mass is 35.5. The molecule has 3 rings (SSSR count). The molecule has 0 fully saturated rings. The molecule has 0 aromatic carbocycles. The summed E-state index contributed by atoms with van der Waals surface area (Å²) in [5, 5.41) is 14.9. The number of nitrogens with one attached hydrogen (secondary N) is 1. The Bertz CT molecular complexity index is 721. The standard InChI is InChI=1S/C10H11ClN10/c1-2-20-6-14-19-7(20)3-13-9-16-8(11)17-10(18-9)21-5-12-4-15-21/h4-6H,2-3H2,1H3,(H,13,16,17,18). The minimum Gasteiger partial charge on any atom is -0.347 e. The lowest BCUT2D eigenvalue weighted by atomic mass is 10.5. The monoisotopic (exact) mass is 306 g/mol. The highest BCUT2D eigenvalue weighted by Gasteiger charge is 2.09. The van der Waals surface area contributed by atoms with E-state index in [0.717, 1.165) is 12.4 Å². The van der Waals surface area contributed by atoms with E-state index in [2.05, 4.69) is 40.5 Å². The van der Waals surface area contributed by atoms with E-state index in [4.69, 9.17) is 11.6 Å². The molecule has 0 bridgehead atoms. The molecule has 10 nitrogen and oxygen atoms in total. The minimum atomic E-state index is 0.0648. The Morgan fingerprint density at radius 3 is 2.90 bits per heavy atom. The summed E-state index contributed by atoms with van der Waals surface area (Å²) in [5.74, 6) is 1.38. The first-order valence-corrected chi connectivity index (χ1v) is 6.51. The molecular weight excluding hydrogens is 296 g/mol. The largest absolute Gasteiger partial charge is 0.347 e. The third-order valence-corrected chi connectivity index (χ3v) is 2.83. The van der Waals surface area contributed by atoms with Crippen LogP contribution in [0.5, 0.6) is 0 Å². The molecule has 0 unspecified atom stereocenters. The number of rotatable bonds is 5. The maximum atomic E-state index is 5.89. The number of nitrogens with zero attached hydrogens (tertiary/aromatic N) is 9. The molecule has 0 aliphatic rings. The fourth-order valence-electron chi connectivity index (χ4n) is 1.67. The summed E-state index contributed by atoms with van der Waals surface area (Å²) in [6.45, 7) is 3.21. The third-order valence-electron chi connectivity index (χ3n) is 2.66. The van der Waals surface area contributed by atoms with Gasteiger partial charge in [-0.05, 0) is 18.5 Å². The number of aromatic nitrogens is 9. The summed E-state index contributed by atoms with van der Waals surface area (Å²) >= 11 is 5.89. The van der Waals surface area contributed by atoms with Crippen molar-refractivity contribution in [1.82, 2.24) is 44.5 Å². The second kappa shape index (κ2) is 5.79. The maximum Gasteiger partial charge on any atom is 0.258 e. The Balaban J connectivity index is 1.79. The van der Waals surface area contributed by atoms with E-state index in [-0.39, 0.29) is 11.2 Å². The van der Waals surface area contributed by atoms with Gasteiger partial charge < -0.3 is 9.88 Å². The lowest BCUT2D eigenvalue weighted by molar-refractivity contribution is 0.705. The first-order chi connectivity index (χ1) is 10.3. The Morgan fingerprint density at radius 1 is 1.24 bits per heavy atom. The summed E-state index contributed by atoms with van der Waals surface area (Å²) in [6, 6.07) is 0. The molecule has 0 saturated carbocycles. The van der Waals surface area contributed by atoms with Gasteiger partial charge in [0, 0.05) is 6.54 Å². The summed E-state index contributed by atoms with van der Waals surface area (Å²) in [6.07, 6.45) is 4.52. The van der Waals surface area contributed by atoms with Crippen LogP contribution in [0, 0.1) is 0 Å². The van der Waals surface area contributed by atoms with Crippen molar-refractivity contribution in [3.05, 3.63) is 30.1 Å². The van der Waals surface area contributed by atoms with E-state index in [9.17, 15) is 0 Å². The van der Waals surface area contributed by atoms with Gasteiger partial charge in [-0.25, -0.2) is 4.98 Å². The van der Waals surface area contributed by atoms with Crippen LogP contribution >= 0.6 is 11.6 Å². The zero-order chi connectivity index (χ0) is 14.7. The van der Waals surface area contributed by atoms with E-state index in [1.165, 1.54) is 17.3 Å². The molecule has 3 aromatic rings. The van der Waals surface area contributed by atoms with Gasteiger partial charge in [-0.2, -0.15) is 24.7 Å². The first-order valence-electron chi connectivity index (χ1n) is 6.13. The Morgan fingerprint density at radius 2 is 2.14 bits per heavy atom. The fourth-order valence-corrected chi connectivity index (χ4v) is 1.83. The molecule has 3 aromatic heterocycles. The van der Waals surface area contributed by atoms with Crippen molar-refractivity contribution in [3.8, 4) is 5.95 Å². The van der Waals surface area contributed by atoms with Crippen LogP contribution in [0.25, 0.3) is 5.95 Å². The zero-order valence-electron chi connectivity index (χ0n) is 11.0. The Kier molecular flexibility index (Phi) is 3.69. The van der Waals surface area contributed by atoms with Gasteiger partial charge in [-0.1, -0.05) is 0 Å². The lowest BCUT2D eigenvalue weighted by Gasteiger charge is -2.07. The van der Waals surface area contributed by atoms with Crippen LogP contribution in [0.3, 0.4) is 0 Å². The summed E-state index contributed by atoms with van der Waals surface area (Å²) in [7, 11) is 0. The zero-order valence-corrected chi connectivity index (χ0v) is 11.8. The summed E-state index contributed by atoms with van der Waals surface area (Å²) < 4.78 is 3.31. The van der Waals surface area contributed by atoms with E-state index in [0.29, 0.717) is 12.5 Å². The van der Waals surface area contributed by atoms with Crippen molar-refractivity contribution in [2.45, 2.75) is 20.0 Å². The maximum absolute atomic E-state index is 5.89. The summed E-state index contributed by atoms with van der Waals surface area (Å²) in [5.41, 5.74) is 0. The molecule has 108 valence electrons. The SMILES string of the molecule is CCn1cnnc1CNc1nc(Cl)nc(-n2cncn2)n1. The molecule has 11 heteroatoms. The van der Waals surface area contributed by atoms with Crippen molar-refractivity contribution in [2.24, 2.45) is 0 Å². The molecule has 0 saturated heterocycles. The van der Waals surface area contributed by atoms with E-state index in [1.54, 1.807) is 6.33 Å². The normalized spacial score (nSPS) is 10.8. The number of aryl methyl sites for hydroxylation is 1. The lowest BCUT2D eigenvalue weighted by Crippen LogP contribution is -2.12. The van der Waals surface area contributed by atoms with Gasteiger partial charge in [0.05, 0.1) is 6.54 Å². The van der Waals surface area contributed by atoms with Gasteiger partial charge >= 0.3 is 0 Å². The third kappa shape index (κ3) is 2.94. The fraction of sp³-hybridized carbons (Fsp3) is 0.300. The molecule has 0 amide bonds. The molecule has 0 atom stereocenters. The van der Waals surface area contributed by atoms with Crippen LogP contribution in [0.15, 0.2) is 19.0 Å². The average molecular weight is 307 g/mol. The van der Waals surface area contributed by atoms with E-state index in [1.807, 2.05) is 11.5 Å². The molecule has 0 aliphatic heterocycles. The van der Waals surface area contributed by atoms with Crippen LogP contribution in [-0.4, -0.2) is 44.5 Å². The Hall–Kier alpha value is -2.62. The van der Waals surface area contributed by atoms with Crippen molar-refractivity contribution in [2.75, 3.05) is 5.32 Å². The Labute approximate surface area is 124 Å². The van der Waals surface area contributed by atoms with Gasteiger partial charge in [-0.3, -0.25) is 0 Å². The second-order valence-electron chi connectivity index (χ2n) is 3.95. The summed E-state index contributed by atoms with van der Waals surface area (Å²) in [4.78, 5) is 16.0. The van der Waals surface area contributed by atoms with Crippen molar-refractivity contribution < 1.29 is 0 Å². The molecule has 1 N–H and O–H groups in total. The van der Waals surface area contributed by atoms with Crippen LogP contribution in [-0.2, 0) is 13.1 Å². The average Bonchev–Trinajstić information content (AvgIpc) is 3.15. The molecule has 0 spiro atoms. The van der Waals surface area contributed by atoms with Crippen LogP contribution in [0.4, 0.5) is 5.95 Å². The predicted octanol–water partition coefficient (Wildman–Crippen LogP) is 0.329. The van der Waals surface area contributed by atoms with Crippen LogP contribution in [0.2, 0.25) is 5.28 Å². The van der Waals surface area contributed by atoms with Gasteiger partial charge in [0.1, 0.15) is 19.0 Å². The van der Waals surface area contributed by atoms with Gasteiger partial charge in [0.25, 0.3) is 5.95 Å². The van der Waals surface area contributed by atoms with Gasteiger partial charge in [0.15, 0.2) is 5.82 Å². The van der Waals surface area contributed by atoms with Gasteiger partial charge in [-0.15, -0.1) is 10.2 Å². The number of hydrogen-bond acceptors (Lipinski definition) is 8. The highest BCUT2D eigenvalue weighted by Crippen LogP contribution is 2.09. The quantitative estimate of drug-likeness (QED) is 0.717. The highest BCUT2D eigenvalue weighted by molar-refractivity contribution is 6.28.